The van der Waals surface area contributed by atoms with Gasteiger partial charge in [-0.3, -0.25) is 0 Å². The van der Waals surface area contributed by atoms with Crippen LogP contribution in [0.5, 0.6) is 0 Å². The van der Waals surface area contributed by atoms with Crippen LogP contribution >= 0.6 is 0 Å². The van der Waals surface area contributed by atoms with E-state index in [-0.39, 0.29) is 0 Å². The second-order valence-electron chi connectivity index (χ2n) is 1.89. The molecule has 0 spiro atoms. The molecule has 0 fully saturated rings. The largest absolute Gasteiger partial charge is 0.166 e. The van der Waals surface area contributed by atoms with E-state index in [4.69, 9.17) is 5.53 Å². The van der Waals surface area contributed by atoms with E-state index >= 15 is 0 Å². The third-order valence-corrected chi connectivity index (χ3v) is 1.19. The maximum absolute atomic E-state index is 10.1. The van der Waals surface area contributed by atoms with Gasteiger partial charge in [0.25, 0.3) is 0 Å². The summed E-state index contributed by atoms with van der Waals surface area (Å²) < 4.78 is 0. The first kappa shape index (κ1) is 8.03. The zero-order valence-electron chi connectivity index (χ0n) is 6.03. The van der Waals surface area contributed by atoms with Gasteiger partial charge in [-0.2, -0.15) is 4.91 Å². The van der Waals surface area contributed by atoms with Crippen LogP contribution in [0.4, 0.5) is 5.69 Å². The van der Waals surface area contributed by atoms with E-state index in [0.29, 0.717) is 10.8 Å². The SMILES string of the molecule is [N-]=[N+]=NN(N=O)c1ccccc1. The van der Waals surface area contributed by atoms with Gasteiger partial charge in [0, 0.05) is 5.22 Å². The molecule has 6 nitrogen and oxygen atoms in total. The fourth-order valence-corrected chi connectivity index (χ4v) is 0.714. The summed E-state index contributed by atoms with van der Waals surface area (Å²) in [5.74, 6) is 0. The molecule has 0 aliphatic heterocycles. The van der Waals surface area contributed by atoms with Gasteiger partial charge >= 0.3 is 0 Å². The van der Waals surface area contributed by atoms with Crippen molar-refractivity contribution < 1.29 is 0 Å². The van der Waals surface area contributed by atoms with Gasteiger partial charge in [0.1, 0.15) is 0 Å². The summed E-state index contributed by atoms with van der Waals surface area (Å²) >= 11 is 0. The Labute approximate surface area is 68.0 Å². The standard InChI is InChI=1S/C6H5N5O/c7-8-9-11(10-12)6-4-2-1-3-5-6/h1-5H. The first-order valence-electron chi connectivity index (χ1n) is 3.12. The Balaban J connectivity index is 2.94. The van der Waals surface area contributed by atoms with Crippen molar-refractivity contribution in [1.82, 2.24) is 0 Å². The molecule has 1 aromatic carbocycles. The maximum atomic E-state index is 10.1. The molecule has 0 aromatic heterocycles. The number of para-hydroxylation sites is 1. The highest BCUT2D eigenvalue weighted by Crippen LogP contribution is 2.13. The highest BCUT2D eigenvalue weighted by Gasteiger charge is 2.06. The Bertz CT molecular complexity index is 305. The molecule has 0 unspecified atom stereocenters. The zero-order valence-corrected chi connectivity index (χ0v) is 6.03. The third-order valence-electron chi connectivity index (χ3n) is 1.19. The highest BCUT2D eigenvalue weighted by molar-refractivity contribution is 5.43. The summed E-state index contributed by atoms with van der Waals surface area (Å²) in [6, 6.07) is 8.41. The predicted molar refractivity (Wildman–Crippen MR) is 43.9 cm³/mol. The van der Waals surface area contributed by atoms with E-state index in [1.807, 2.05) is 0 Å². The van der Waals surface area contributed by atoms with Gasteiger partial charge in [-0.05, 0) is 17.3 Å². The Morgan fingerprint density at radius 2 is 2.00 bits per heavy atom. The molecule has 0 saturated carbocycles. The van der Waals surface area contributed by atoms with Crippen LogP contribution in [0.2, 0.25) is 0 Å². The minimum absolute atomic E-state index is 0.435. The Morgan fingerprint density at radius 3 is 2.50 bits per heavy atom. The van der Waals surface area contributed by atoms with Gasteiger partial charge in [0.15, 0.2) is 11.0 Å². The van der Waals surface area contributed by atoms with Crippen molar-refractivity contribution in [3.8, 4) is 0 Å². The lowest BCUT2D eigenvalue weighted by Gasteiger charge is -1.99. The number of hydrogen-bond acceptors (Lipinski definition) is 3. The topological polar surface area (TPSA) is 81.4 Å². The number of rotatable bonds is 3. The molecule has 12 heavy (non-hydrogen) atoms. The Hall–Kier alpha value is -2.07. The van der Waals surface area contributed by atoms with Crippen molar-refractivity contribution in [2.24, 2.45) is 10.5 Å². The molecule has 0 aliphatic rings. The van der Waals surface area contributed by atoms with Crippen molar-refractivity contribution in [3.05, 3.63) is 45.7 Å². The first-order valence-corrected chi connectivity index (χ1v) is 3.12. The lowest BCUT2D eigenvalue weighted by atomic mass is 10.3. The Morgan fingerprint density at radius 1 is 1.33 bits per heavy atom. The number of benzene rings is 1. The normalized spacial score (nSPS) is 8.33. The van der Waals surface area contributed by atoms with E-state index < -0.39 is 0 Å². The summed E-state index contributed by atoms with van der Waals surface area (Å²) in [6.45, 7) is 0. The second-order valence-corrected chi connectivity index (χ2v) is 1.89. The summed E-state index contributed by atoms with van der Waals surface area (Å²) in [5, 5.41) is 6.23. The molecule has 0 N–H and O–H groups in total. The highest BCUT2D eigenvalue weighted by atomic mass is 16.3. The zero-order chi connectivity index (χ0) is 8.81. The van der Waals surface area contributed by atoms with Crippen molar-refractivity contribution in [3.63, 3.8) is 0 Å². The summed E-state index contributed by atoms with van der Waals surface area (Å²) in [6.07, 6.45) is 0. The first-order chi connectivity index (χ1) is 5.88. The lowest BCUT2D eigenvalue weighted by molar-refractivity contribution is 0.903. The van der Waals surface area contributed by atoms with Crippen molar-refractivity contribution in [1.29, 1.82) is 0 Å². The average Bonchev–Trinajstić information content (AvgIpc) is 2.15. The van der Waals surface area contributed by atoms with Crippen LogP contribution in [0.3, 0.4) is 0 Å². The molecule has 0 saturated heterocycles. The summed E-state index contributed by atoms with van der Waals surface area (Å²) in [4.78, 5) is 12.5. The van der Waals surface area contributed by atoms with Crippen LogP contribution in [0.1, 0.15) is 0 Å². The summed E-state index contributed by atoms with van der Waals surface area (Å²) in [7, 11) is 0. The molecule has 1 aromatic rings. The monoisotopic (exact) mass is 163 g/mol. The molecular formula is C6H5N5O. The summed E-state index contributed by atoms with van der Waals surface area (Å²) in [5.41, 5.74) is 8.48. The number of hydrogen-bond donors (Lipinski definition) is 0. The van der Waals surface area contributed by atoms with E-state index in [9.17, 15) is 4.91 Å². The average molecular weight is 163 g/mol. The van der Waals surface area contributed by atoms with Crippen LogP contribution in [-0.2, 0) is 0 Å². The quantitative estimate of drug-likeness (QED) is 0.225. The van der Waals surface area contributed by atoms with Crippen molar-refractivity contribution >= 4 is 5.69 Å². The van der Waals surface area contributed by atoms with E-state index in [1.54, 1.807) is 30.3 Å². The molecular weight excluding hydrogens is 158 g/mol. The molecule has 0 atom stereocenters. The molecule has 0 heterocycles. The fourth-order valence-electron chi connectivity index (χ4n) is 0.714. The molecule has 0 aliphatic carbocycles. The van der Waals surface area contributed by atoms with Gasteiger partial charge in [-0.25, -0.2) is 0 Å². The molecule has 6 heteroatoms. The molecule has 1 rings (SSSR count). The van der Waals surface area contributed by atoms with Gasteiger partial charge < -0.3 is 0 Å². The van der Waals surface area contributed by atoms with Crippen molar-refractivity contribution in [2.75, 3.05) is 5.12 Å². The number of nitrogens with zero attached hydrogens (tertiary/aromatic N) is 5. The molecule has 0 radical (unpaired) electrons. The minimum Gasteiger partial charge on any atom is -0.166 e. The predicted octanol–water partition coefficient (Wildman–Crippen LogP) is 2.40. The van der Waals surface area contributed by atoms with E-state index in [2.05, 4.69) is 15.4 Å². The smallest absolute Gasteiger partial charge is 0.163 e. The van der Waals surface area contributed by atoms with Crippen LogP contribution in [0.15, 0.2) is 40.8 Å². The van der Waals surface area contributed by atoms with Crippen LogP contribution in [0, 0.1) is 4.91 Å². The second kappa shape index (κ2) is 3.95. The van der Waals surface area contributed by atoms with Gasteiger partial charge in [-0.1, -0.05) is 18.2 Å². The number of anilines is 1. The van der Waals surface area contributed by atoms with Gasteiger partial charge in [0.05, 0.1) is 0 Å². The van der Waals surface area contributed by atoms with Gasteiger partial charge in [0.2, 0.25) is 0 Å². The molecule has 0 amide bonds. The fraction of sp³-hybridized carbons (Fsp3) is 0. The van der Waals surface area contributed by atoms with E-state index in [0.717, 1.165) is 0 Å². The van der Waals surface area contributed by atoms with Crippen LogP contribution in [0.25, 0.3) is 10.4 Å². The Kier molecular flexibility index (Phi) is 2.64. The molecule has 0 bridgehead atoms. The maximum Gasteiger partial charge on any atom is 0.163 e. The molecule has 60 valence electrons. The van der Waals surface area contributed by atoms with Crippen molar-refractivity contribution in [2.45, 2.75) is 0 Å². The van der Waals surface area contributed by atoms with Gasteiger partial charge in [-0.15, -0.1) is 10.4 Å². The lowest BCUT2D eigenvalue weighted by Crippen LogP contribution is -2.03. The number of nitroso groups, excluding NO2 is 1. The van der Waals surface area contributed by atoms with Crippen LogP contribution in [-0.4, -0.2) is 0 Å². The minimum atomic E-state index is 0.435. The van der Waals surface area contributed by atoms with E-state index in [1.165, 1.54) is 0 Å². The number of azide groups is 1. The third kappa shape index (κ3) is 1.71. The van der Waals surface area contributed by atoms with Crippen LogP contribution < -0.4 is 5.12 Å².